The Morgan fingerprint density at radius 3 is 2.06 bits per heavy atom. The Kier molecular flexibility index (Phi) is 9.37. The van der Waals surface area contributed by atoms with Crippen LogP contribution in [0.15, 0.2) is 24.3 Å². The molecule has 4 heterocycles. The molecule has 48 heavy (non-hydrogen) atoms. The number of nitrogens with zero attached hydrogens (tertiary/aromatic N) is 1. The molecule has 2 fully saturated rings. The second kappa shape index (κ2) is 12.6. The molecule has 1 unspecified atom stereocenters. The average molecular weight is 678 g/mol. The Labute approximate surface area is 290 Å². The molecule has 0 bridgehead atoms. The van der Waals surface area contributed by atoms with E-state index < -0.39 is 20.0 Å². The Morgan fingerprint density at radius 1 is 0.896 bits per heavy atom. The molecule has 8 heteroatoms. The first-order valence-corrected chi connectivity index (χ1v) is 21.1. The lowest BCUT2D eigenvalue weighted by molar-refractivity contribution is -0.156. The number of pyridine rings is 1. The van der Waals surface area contributed by atoms with E-state index in [2.05, 4.69) is 92.7 Å². The Bertz CT molecular complexity index is 1510. The number of carbonyl (C=O) groups excluding carboxylic acids is 1. The van der Waals surface area contributed by atoms with E-state index >= 15 is 0 Å². The Morgan fingerprint density at radius 2 is 1.50 bits per heavy atom. The summed E-state index contributed by atoms with van der Waals surface area (Å²) in [6, 6.07) is 9.04. The van der Waals surface area contributed by atoms with Gasteiger partial charge in [0.05, 0.1) is 23.1 Å². The number of aromatic nitrogens is 1. The smallest absolute Gasteiger partial charge is 0.303 e. The molecule has 2 saturated heterocycles. The first-order valence-electron chi connectivity index (χ1n) is 18.2. The maximum absolute atomic E-state index is 12.8. The van der Waals surface area contributed by atoms with Crippen molar-refractivity contribution in [1.29, 1.82) is 0 Å². The third-order valence-electron chi connectivity index (χ3n) is 11.9. The topological polar surface area (TPSA) is 76.1 Å². The van der Waals surface area contributed by atoms with Crippen molar-refractivity contribution in [2.24, 2.45) is 5.41 Å². The predicted molar refractivity (Wildman–Crippen MR) is 191 cm³/mol. The zero-order chi connectivity index (χ0) is 34.9. The number of rotatable bonds is 5. The highest BCUT2D eigenvalue weighted by molar-refractivity contribution is 6.74. The van der Waals surface area contributed by atoms with Gasteiger partial charge in [0.2, 0.25) is 0 Å². The molecular weight excluding hydrogens is 619 g/mol. The highest BCUT2D eigenvalue weighted by Crippen LogP contribution is 2.61. The molecule has 0 radical (unpaired) electrons. The van der Waals surface area contributed by atoms with E-state index in [-0.39, 0.29) is 40.0 Å². The van der Waals surface area contributed by atoms with Crippen molar-refractivity contribution in [3.05, 3.63) is 63.5 Å². The summed E-state index contributed by atoms with van der Waals surface area (Å²) in [6.45, 7) is 26.9. The van der Waals surface area contributed by atoms with Crippen LogP contribution in [0.2, 0.25) is 18.1 Å². The average Bonchev–Trinajstić information content (AvgIpc) is 3.32. The van der Waals surface area contributed by atoms with Gasteiger partial charge in [-0.1, -0.05) is 79.7 Å². The van der Waals surface area contributed by atoms with Gasteiger partial charge in [0.1, 0.15) is 12.2 Å². The largest absolute Gasteiger partial charge is 0.455 e. The zero-order valence-electron chi connectivity index (χ0n) is 31.4. The van der Waals surface area contributed by atoms with E-state index in [0.717, 1.165) is 54.6 Å². The normalized spacial score (nSPS) is 25.9. The van der Waals surface area contributed by atoms with Crippen LogP contribution in [0.4, 0.5) is 0 Å². The summed E-state index contributed by atoms with van der Waals surface area (Å²) in [5.41, 5.74) is 7.06. The van der Waals surface area contributed by atoms with Crippen molar-refractivity contribution in [2.75, 3.05) is 26.4 Å². The van der Waals surface area contributed by atoms with Gasteiger partial charge in [0, 0.05) is 68.7 Å². The molecule has 7 nitrogen and oxygen atoms in total. The first-order chi connectivity index (χ1) is 22.3. The quantitative estimate of drug-likeness (QED) is 0.231. The van der Waals surface area contributed by atoms with Crippen molar-refractivity contribution in [3.63, 3.8) is 0 Å². The molecule has 4 aliphatic rings. The van der Waals surface area contributed by atoms with Crippen LogP contribution in [0.25, 0.3) is 0 Å². The molecule has 3 aliphatic heterocycles. The molecule has 6 rings (SSSR count). The fourth-order valence-electron chi connectivity index (χ4n) is 8.09. The molecule has 264 valence electrons. The number of esters is 1. The van der Waals surface area contributed by atoms with Crippen molar-refractivity contribution in [3.8, 4) is 0 Å². The van der Waals surface area contributed by atoms with Crippen LogP contribution in [0, 0.1) is 5.41 Å². The minimum atomic E-state index is -2.24. The molecule has 2 aromatic rings. The van der Waals surface area contributed by atoms with Gasteiger partial charge >= 0.3 is 5.97 Å². The number of hydrogen-bond donors (Lipinski definition) is 0. The second-order valence-corrected chi connectivity index (χ2v) is 22.8. The highest BCUT2D eigenvalue weighted by Gasteiger charge is 2.56. The van der Waals surface area contributed by atoms with Crippen LogP contribution in [-0.2, 0) is 39.2 Å². The number of hydrogen-bond acceptors (Lipinski definition) is 7. The molecule has 3 atom stereocenters. The third kappa shape index (κ3) is 6.45. The van der Waals surface area contributed by atoms with E-state index in [1.807, 2.05) is 0 Å². The minimum Gasteiger partial charge on any atom is -0.455 e. The van der Waals surface area contributed by atoms with E-state index in [1.165, 1.54) is 23.6 Å². The summed E-state index contributed by atoms with van der Waals surface area (Å²) in [4.78, 5) is 18.5. The maximum Gasteiger partial charge on any atom is 0.303 e. The van der Waals surface area contributed by atoms with Gasteiger partial charge in [-0.05, 0) is 59.5 Å². The first kappa shape index (κ1) is 35.7. The second-order valence-electron chi connectivity index (χ2n) is 18.0. The maximum atomic E-state index is 12.8. The summed E-state index contributed by atoms with van der Waals surface area (Å²) in [5.74, 6) is -0.0675. The lowest BCUT2D eigenvalue weighted by Gasteiger charge is -2.48. The SMILES string of the molecule is CC(=O)O[C@H]1c2nc(C3CCOCC3)c3c(c2C(O[Si](C)(C)C(C)(C)C)CC1(C)C)C1(CCOCC1)O[C@@H]3c1ccc(C(C)(C)C)cc1. The van der Waals surface area contributed by atoms with Crippen molar-refractivity contribution in [1.82, 2.24) is 4.98 Å². The monoisotopic (exact) mass is 677 g/mol. The van der Waals surface area contributed by atoms with Crippen LogP contribution in [0.1, 0.15) is 158 Å². The van der Waals surface area contributed by atoms with Crippen LogP contribution in [0.5, 0.6) is 0 Å². The molecule has 1 aromatic heterocycles. The fraction of sp³-hybridized carbons (Fsp3) is 0.700. The van der Waals surface area contributed by atoms with E-state index in [1.54, 1.807) is 0 Å². The molecule has 1 aromatic carbocycles. The van der Waals surface area contributed by atoms with Crippen molar-refractivity contribution in [2.45, 2.75) is 148 Å². The van der Waals surface area contributed by atoms with Gasteiger partial charge in [-0.3, -0.25) is 9.78 Å². The van der Waals surface area contributed by atoms with Crippen LogP contribution >= 0.6 is 0 Å². The molecule has 1 spiro atoms. The zero-order valence-corrected chi connectivity index (χ0v) is 32.4. The summed E-state index contributed by atoms with van der Waals surface area (Å²) in [5, 5.41) is 0.0207. The van der Waals surface area contributed by atoms with Crippen molar-refractivity contribution >= 4 is 14.3 Å². The number of fused-ring (bicyclic) bond motifs is 4. The molecule has 1 aliphatic carbocycles. The number of ether oxygens (including phenoxy) is 4. The fourth-order valence-corrected chi connectivity index (χ4v) is 9.36. The molecule has 0 amide bonds. The number of benzene rings is 1. The van der Waals surface area contributed by atoms with Gasteiger partial charge in [-0.2, -0.15) is 0 Å². The Balaban J connectivity index is 1.66. The molecular formula is C40H59NO6Si. The number of carbonyl (C=O) groups is 1. The highest BCUT2D eigenvalue weighted by atomic mass is 28.4. The molecule has 0 N–H and O–H groups in total. The minimum absolute atomic E-state index is 0.0207. The van der Waals surface area contributed by atoms with Gasteiger partial charge in [0.15, 0.2) is 8.32 Å². The lowest BCUT2D eigenvalue weighted by Crippen LogP contribution is -2.46. The summed E-state index contributed by atoms with van der Waals surface area (Å²) in [6.07, 6.45) is 3.09. The van der Waals surface area contributed by atoms with Gasteiger partial charge in [-0.25, -0.2) is 0 Å². The van der Waals surface area contributed by atoms with Crippen molar-refractivity contribution < 1.29 is 28.2 Å². The predicted octanol–water partition coefficient (Wildman–Crippen LogP) is 9.50. The van der Waals surface area contributed by atoms with Gasteiger partial charge < -0.3 is 23.4 Å². The van der Waals surface area contributed by atoms with Crippen LogP contribution < -0.4 is 0 Å². The summed E-state index contributed by atoms with van der Waals surface area (Å²) < 4.78 is 33.1. The van der Waals surface area contributed by atoms with E-state index in [4.69, 9.17) is 28.4 Å². The molecule has 0 saturated carbocycles. The summed E-state index contributed by atoms with van der Waals surface area (Å²) in [7, 11) is -2.24. The lowest BCUT2D eigenvalue weighted by atomic mass is 9.68. The third-order valence-corrected chi connectivity index (χ3v) is 16.4. The van der Waals surface area contributed by atoms with Gasteiger partial charge in [0.25, 0.3) is 0 Å². The van der Waals surface area contributed by atoms with Crippen LogP contribution in [0.3, 0.4) is 0 Å². The van der Waals surface area contributed by atoms with E-state index in [0.29, 0.717) is 26.4 Å². The van der Waals surface area contributed by atoms with Crippen LogP contribution in [-0.4, -0.2) is 45.7 Å². The van der Waals surface area contributed by atoms with Gasteiger partial charge in [-0.15, -0.1) is 0 Å². The Hall–Kier alpha value is -2.10. The standard InChI is InChI=1S/C40H59NO6Si/c1-25(42)45-36-34-30(29(24-39(36,8)9)47-48(10,11)38(5,6)7)32-31(33(41-34)26-16-20-43-21-17-26)35(46-40(32)18-22-44-23-19-40)27-12-14-28(15-13-27)37(2,3)4/h12-15,26,29,35-36H,16-24H2,1-11H3/t29?,35-,36+/m1/s1. The van der Waals surface area contributed by atoms with E-state index in [9.17, 15) is 4.79 Å². The summed E-state index contributed by atoms with van der Waals surface area (Å²) >= 11 is 0.